The number of amides is 2. The quantitative estimate of drug-likeness (QED) is 0.899. The molecule has 0 spiro atoms. The van der Waals surface area contributed by atoms with Crippen molar-refractivity contribution >= 4 is 11.8 Å². The van der Waals surface area contributed by atoms with Crippen molar-refractivity contribution in [1.29, 1.82) is 0 Å². The highest BCUT2D eigenvalue weighted by molar-refractivity contribution is 5.94. The molecule has 0 unspecified atom stereocenters. The summed E-state index contributed by atoms with van der Waals surface area (Å²) in [6.07, 6.45) is 1.86. The maximum absolute atomic E-state index is 12.4. The summed E-state index contributed by atoms with van der Waals surface area (Å²) >= 11 is 0. The molecule has 2 aromatic rings. The van der Waals surface area contributed by atoms with E-state index in [2.05, 4.69) is 5.32 Å². The van der Waals surface area contributed by atoms with Crippen LogP contribution in [0.2, 0.25) is 0 Å². The lowest BCUT2D eigenvalue weighted by atomic mass is 10.0. The average molecular weight is 338 g/mol. The van der Waals surface area contributed by atoms with Gasteiger partial charge in [0.25, 0.3) is 5.91 Å². The maximum Gasteiger partial charge on any atom is 0.253 e. The van der Waals surface area contributed by atoms with E-state index in [1.54, 1.807) is 23.1 Å². The molecular weight excluding hydrogens is 316 g/mol. The number of phenols is 1. The zero-order valence-electron chi connectivity index (χ0n) is 14.0. The number of phenolic OH excluding ortho intramolecular Hbond substituents is 1. The van der Waals surface area contributed by atoms with Gasteiger partial charge in [-0.25, -0.2) is 0 Å². The van der Waals surface area contributed by atoms with Crippen molar-refractivity contribution in [2.75, 3.05) is 13.1 Å². The number of piperidine rings is 1. The molecule has 2 N–H and O–H groups in total. The zero-order valence-corrected chi connectivity index (χ0v) is 14.0. The first kappa shape index (κ1) is 17.0. The number of rotatable bonds is 4. The standard InChI is InChI=1S/C20H22N2O3/c23-18-8-4-7-16(14-18)20(25)22-11-9-17(10-12-22)21-19(24)13-15-5-2-1-3-6-15/h1-8,14,17,23H,9-13H2,(H,21,24). The summed E-state index contributed by atoms with van der Waals surface area (Å²) in [4.78, 5) is 26.4. The second-order valence-corrected chi connectivity index (χ2v) is 6.35. The minimum atomic E-state index is -0.0787. The Bertz CT molecular complexity index is 738. The topological polar surface area (TPSA) is 69.6 Å². The first-order valence-corrected chi connectivity index (χ1v) is 8.53. The second kappa shape index (κ2) is 7.83. The molecule has 0 aromatic heterocycles. The predicted molar refractivity (Wildman–Crippen MR) is 95.3 cm³/mol. The first-order chi connectivity index (χ1) is 12.1. The molecule has 1 aliphatic rings. The van der Waals surface area contributed by atoms with E-state index in [9.17, 15) is 14.7 Å². The molecule has 0 atom stereocenters. The van der Waals surface area contributed by atoms with Gasteiger partial charge in [0.05, 0.1) is 6.42 Å². The molecule has 2 aromatic carbocycles. The van der Waals surface area contributed by atoms with E-state index in [0.29, 0.717) is 25.1 Å². The van der Waals surface area contributed by atoms with Crippen molar-refractivity contribution < 1.29 is 14.7 Å². The Kier molecular flexibility index (Phi) is 5.33. The largest absolute Gasteiger partial charge is 0.508 e. The van der Waals surface area contributed by atoms with Crippen molar-refractivity contribution in [1.82, 2.24) is 10.2 Å². The summed E-state index contributed by atoms with van der Waals surface area (Å²) in [5.74, 6) is 0.0304. The van der Waals surface area contributed by atoms with Crippen LogP contribution in [0.25, 0.3) is 0 Å². The third kappa shape index (κ3) is 4.59. The summed E-state index contributed by atoms with van der Waals surface area (Å²) in [6.45, 7) is 1.20. The van der Waals surface area contributed by atoms with Gasteiger partial charge in [0.2, 0.25) is 5.91 Å². The van der Waals surface area contributed by atoms with E-state index >= 15 is 0 Å². The fourth-order valence-electron chi connectivity index (χ4n) is 3.11. The molecule has 0 bridgehead atoms. The van der Waals surface area contributed by atoms with Gasteiger partial charge >= 0.3 is 0 Å². The summed E-state index contributed by atoms with van der Waals surface area (Å²) in [7, 11) is 0. The molecule has 1 aliphatic heterocycles. The van der Waals surface area contributed by atoms with Gasteiger partial charge in [-0.1, -0.05) is 36.4 Å². The van der Waals surface area contributed by atoms with Crippen molar-refractivity contribution in [3.05, 3.63) is 65.7 Å². The fourth-order valence-corrected chi connectivity index (χ4v) is 3.11. The molecule has 1 saturated heterocycles. The van der Waals surface area contributed by atoms with Gasteiger partial charge in [-0.2, -0.15) is 0 Å². The number of nitrogens with one attached hydrogen (secondary N) is 1. The third-order valence-electron chi connectivity index (χ3n) is 4.45. The lowest BCUT2D eigenvalue weighted by molar-refractivity contribution is -0.121. The minimum Gasteiger partial charge on any atom is -0.508 e. The van der Waals surface area contributed by atoms with E-state index in [1.165, 1.54) is 6.07 Å². The highest BCUT2D eigenvalue weighted by Gasteiger charge is 2.24. The minimum absolute atomic E-state index is 0.0176. The lowest BCUT2D eigenvalue weighted by Gasteiger charge is -2.32. The van der Waals surface area contributed by atoms with Crippen LogP contribution in [0.5, 0.6) is 5.75 Å². The number of hydrogen-bond donors (Lipinski definition) is 2. The Morgan fingerprint density at radius 3 is 2.44 bits per heavy atom. The zero-order chi connectivity index (χ0) is 17.6. The molecular formula is C20H22N2O3. The highest BCUT2D eigenvalue weighted by atomic mass is 16.3. The van der Waals surface area contributed by atoms with Crippen LogP contribution in [0.1, 0.15) is 28.8 Å². The number of aromatic hydroxyl groups is 1. The van der Waals surface area contributed by atoms with Crippen molar-refractivity contribution in [3.63, 3.8) is 0 Å². The van der Waals surface area contributed by atoms with Crippen LogP contribution >= 0.6 is 0 Å². The van der Waals surface area contributed by atoms with Crippen LogP contribution in [-0.4, -0.2) is 41.0 Å². The smallest absolute Gasteiger partial charge is 0.253 e. The lowest BCUT2D eigenvalue weighted by Crippen LogP contribution is -2.46. The van der Waals surface area contributed by atoms with Gasteiger partial charge < -0.3 is 15.3 Å². The van der Waals surface area contributed by atoms with Crippen molar-refractivity contribution in [2.24, 2.45) is 0 Å². The fraction of sp³-hybridized carbons (Fsp3) is 0.300. The molecule has 130 valence electrons. The van der Waals surface area contributed by atoms with Crippen LogP contribution in [-0.2, 0) is 11.2 Å². The molecule has 2 amide bonds. The molecule has 3 rings (SSSR count). The molecule has 0 aliphatic carbocycles. The van der Waals surface area contributed by atoms with E-state index in [-0.39, 0.29) is 23.6 Å². The third-order valence-corrected chi connectivity index (χ3v) is 4.45. The molecule has 1 fully saturated rings. The molecule has 5 nitrogen and oxygen atoms in total. The number of carbonyl (C=O) groups excluding carboxylic acids is 2. The monoisotopic (exact) mass is 338 g/mol. The van der Waals surface area contributed by atoms with E-state index in [0.717, 1.165) is 18.4 Å². The van der Waals surface area contributed by atoms with Gasteiger partial charge in [0.1, 0.15) is 5.75 Å². The number of benzene rings is 2. The van der Waals surface area contributed by atoms with Crippen LogP contribution in [0.3, 0.4) is 0 Å². The van der Waals surface area contributed by atoms with Crippen LogP contribution in [0.15, 0.2) is 54.6 Å². The molecule has 25 heavy (non-hydrogen) atoms. The number of likely N-dealkylation sites (tertiary alicyclic amines) is 1. The van der Waals surface area contributed by atoms with Gasteiger partial charge in [-0.15, -0.1) is 0 Å². The van der Waals surface area contributed by atoms with E-state index < -0.39 is 0 Å². The summed E-state index contributed by atoms with van der Waals surface area (Å²) in [6, 6.07) is 16.2. The van der Waals surface area contributed by atoms with Gasteiger partial charge in [-0.05, 0) is 36.6 Å². The average Bonchev–Trinajstić information content (AvgIpc) is 2.62. The number of carbonyl (C=O) groups is 2. The van der Waals surface area contributed by atoms with Crippen molar-refractivity contribution in [3.8, 4) is 5.75 Å². The van der Waals surface area contributed by atoms with E-state index in [1.807, 2.05) is 30.3 Å². The van der Waals surface area contributed by atoms with Gasteiger partial charge in [0.15, 0.2) is 0 Å². The summed E-state index contributed by atoms with van der Waals surface area (Å²) in [5.41, 5.74) is 1.49. The maximum atomic E-state index is 12.4. The van der Waals surface area contributed by atoms with Gasteiger partial charge in [0, 0.05) is 24.7 Å². The molecule has 0 saturated carbocycles. The van der Waals surface area contributed by atoms with E-state index in [4.69, 9.17) is 0 Å². The second-order valence-electron chi connectivity index (χ2n) is 6.35. The normalized spacial score (nSPS) is 15.0. The SMILES string of the molecule is O=C(Cc1ccccc1)NC1CCN(C(=O)c2cccc(O)c2)CC1. The van der Waals surface area contributed by atoms with Crippen LogP contribution in [0.4, 0.5) is 0 Å². The Morgan fingerprint density at radius 2 is 1.76 bits per heavy atom. The summed E-state index contributed by atoms with van der Waals surface area (Å²) < 4.78 is 0. The predicted octanol–water partition coefficient (Wildman–Crippen LogP) is 2.36. The highest BCUT2D eigenvalue weighted by Crippen LogP contribution is 2.17. The summed E-state index contributed by atoms with van der Waals surface area (Å²) in [5, 5.41) is 12.6. The number of hydrogen-bond acceptors (Lipinski definition) is 3. The number of nitrogens with zero attached hydrogens (tertiary/aromatic N) is 1. The Labute approximate surface area is 147 Å². The molecule has 5 heteroatoms. The first-order valence-electron chi connectivity index (χ1n) is 8.53. The molecule has 1 heterocycles. The van der Waals surface area contributed by atoms with Crippen LogP contribution < -0.4 is 5.32 Å². The van der Waals surface area contributed by atoms with Crippen molar-refractivity contribution in [2.45, 2.75) is 25.3 Å². The Balaban J connectivity index is 1.48. The van der Waals surface area contributed by atoms with Crippen LogP contribution in [0, 0.1) is 0 Å². The van der Waals surface area contributed by atoms with Gasteiger partial charge in [-0.3, -0.25) is 9.59 Å². The molecule has 0 radical (unpaired) electrons. The Hall–Kier alpha value is -2.82. The Morgan fingerprint density at radius 1 is 1.04 bits per heavy atom.